The maximum Gasteiger partial charge on any atom is 0.0642 e. The molecule has 0 radical (unpaired) electrons. The van der Waals surface area contributed by atoms with E-state index in [4.69, 9.17) is 29.0 Å². The van der Waals surface area contributed by atoms with E-state index in [9.17, 15) is 0 Å². The fourth-order valence-electron chi connectivity index (χ4n) is 2.14. The molecule has 0 fully saturated rings. The van der Waals surface area contributed by atoms with Gasteiger partial charge in [0.1, 0.15) is 0 Å². The molecule has 1 atom stereocenters. The maximum absolute atomic E-state index is 6.21. The highest BCUT2D eigenvalue weighted by Crippen LogP contribution is 2.29. The molecule has 0 aliphatic rings. The summed E-state index contributed by atoms with van der Waals surface area (Å²) in [7, 11) is 1.89. The Morgan fingerprint density at radius 3 is 2.74 bits per heavy atom. The van der Waals surface area contributed by atoms with Gasteiger partial charge in [0.05, 0.1) is 21.8 Å². The zero-order valence-corrected chi connectivity index (χ0v) is 12.3. The molecule has 0 saturated carbocycles. The van der Waals surface area contributed by atoms with Gasteiger partial charge in [-0.15, -0.1) is 0 Å². The monoisotopic (exact) mass is 298 g/mol. The Morgan fingerprint density at radius 1 is 1.42 bits per heavy atom. The van der Waals surface area contributed by atoms with Crippen LogP contribution in [0.15, 0.2) is 24.4 Å². The fourth-order valence-corrected chi connectivity index (χ4v) is 2.54. The van der Waals surface area contributed by atoms with Crippen LogP contribution in [0.4, 0.5) is 0 Å². The quantitative estimate of drug-likeness (QED) is 0.674. The molecule has 3 N–H and O–H groups in total. The van der Waals surface area contributed by atoms with Crippen molar-refractivity contribution in [3.05, 3.63) is 51.3 Å². The van der Waals surface area contributed by atoms with Gasteiger partial charge < -0.3 is 0 Å². The number of aromatic nitrogens is 2. The van der Waals surface area contributed by atoms with Crippen molar-refractivity contribution in [2.45, 2.75) is 19.4 Å². The van der Waals surface area contributed by atoms with E-state index < -0.39 is 0 Å². The Balaban J connectivity index is 2.29. The number of nitrogens with two attached hydrogens (primary N) is 1. The summed E-state index contributed by atoms with van der Waals surface area (Å²) < 4.78 is 1.77. The summed E-state index contributed by atoms with van der Waals surface area (Å²) in [5.41, 5.74) is 5.78. The molecule has 1 unspecified atom stereocenters. The summed E-state index contributed by atoms with van der Waals surface area (Å²) in [5.74, 6) is 5.66. The lowest BCUT2D eigenvalue weighted by molar-refractivity contribution is 0.549. The number of nitrogens with zero attached hydrogens (tertiary/aromatic N) is 2. The molecule has 1 aromatic carbocycles. The SMILES string of the molecule is Cc1nn(C)cc1C(Cc1cccc(Cl)c1Cl)NN. The molecule has 2 rings (SSSR count). The van der Waals surface area contributed by atoms with Crippen LogP contribution in [0.25, 0.3) is 0 Å². The minimum absolute atomic E-state index is 0.0512. The van der Waals surface area contributed by atoms with Crippen LogP contribution in [0.3, 0.4) is 0 Å². The number of nitrogens with one attached hydrogen (secondary N) is 1. The van der Waals surface area contributed by atoms with Gasteiger partial charge in [0.25, 0.3) is 0 Å². The second-order valence-corrected chi connectivity index (χ2v) is 5.27. The van der Waals surface area contributed by atoms with Gasteiger partial charge in [0.15, 0.2) is 0 Å². The van der Waals surface area contributed by atoms with Gasteiger partial charge in [-0.1, -0.05) is 35.3 Å². The molecule has 0 bridgehead atoms. The Kier molecular flexibility index (Phi) is 4.47. The van der Waals surface area contributed by atoms with Crippen LogP contribution in [0, 0.1) is 6.92 Å². The highest BCUT2D eigenvalue weighted by atomic mass is 35.5. The van der Waals surface area contributed by atoms with E-state index in [-0.39, 0.29) is 6.04 Å². The predicted octanol–water partition coefficient (Wildman–Crippen LogP) is 2.78. The number of hydrazine groups is 1. The predicted molar refractivity (Wildman–Crippen MR) is 78.2 cm³/mol. The molecule has 1 heterocycles. The van der Waals surface area contributed by atoms with E-state index >= 15 is 0 Å². The minimum atomic E-state index is -0.0512. The number of benzene rings is 1. The average molecular weight is 299 g/mol. The van der Waals surface area contributed by atoms with Crippen LogP contribution in [0.5, 0.6) is 0 Å². The summed E-state index contributed by atoms with van der Waals surface area (Å²) >= 11 is 12.2. The molecular formula is C13H16Cl2N4. The highest BCUT2D eigenvalue weighted by Gasteiger charge is 2.17. The normalized spacial score (nSPS) is 12.7. The van der Waals surface area contributed by atoms with Gasteiger partial charge in [-0.25, -0.2) is 0 Å². The van der Waals surface area contributed by atoms with Crippen molar-refractivity contribution in [1.29, 1.82) is 0 Å². The van der Waals surface area contributed by atoms with Crippen molar-refractivity contribution < 1.29 is 0 Å². The lowest BCUT2D eigenvalue weighted by Gasteiger charge is -2.16. The molecule has 1 aromatic heterocycles. The smallest absolute Gasteiger partial charge is 0.0642 e. The molecule has 102 valence electrons. The number of hydrogen-bond donors (Lipinski definition) is 2. The topological polar surface area (TPSA) is 55.9 Å². The summed E-state index contributed by atoms with van der Waals surface area (Å²) in [6.45, 7) is 1.96. The van der Waals surface area contributed by atoms with Crippen molar-refractivity contribution in [3.8, 4) is 0 Å². The van der Waals surface area contributed by atoms with Crippen LogP contribution in [-0.4, -0.2) is 9.78 Å². The first-order chi connectivity index (χ1) is 9.02. The zero-order valence-electron chi connectivity index (χ0n) is 10.8. The van der Waals surface area contributed by atoms with Crippen LogP contribution in [0.1, 0.15) is 22.9 Å². The third-order valence-electron chi connectivity index (χ3n) is 3.08. The van der Waals surface area contributed by atoms with E-state index in [0.717, 1.165) is 16.8 Å². The lowest BCUT2D eigenvalue weighted by atomic mass is 10.00. The zero-order chi connectivity index (χ0) is 14.0. The molecule has 4 nitrogen and oxygen atoms in total. The first-order valence-electron chi connectivity index (χ1n) is 5.92. The van der Waals surface area contributed by atoms with Crippen LogP contribution in [0.2, 0.25) is 10.0 Å². The molecule has 19 heavy (non-hydrogen) atoms. The fraction of sp³-hybridized carbons (Fsp3) is 0.308. The molecule has 6 heteroatoms. The van der Waals surface area contributed by atoms with E-state index in [1.807, 2.05) is 32.3 Å². The number of rotatable bonds is 4. The van der Waals surface area contributed by atoms with Gasteiger partial charge in [0.2, 0.25) is 0 Å². The van der Waals surface area contributed by atoms with Crippen molar-refractivity contribution in [3.63, 3.8) is 0 Å². The van der Waals surface area contributed by atoms with Gasteiger partial charge in [-0.3, -0.25) is 16.0 Å². The summed E-state index contributed by atoms with van der Waals surface area (Å²) in [5, 5.41) is 5.45. The molecule has 0 aliphatic carbocycles. The molecule has 0 spiro atoms. The van der Waals surface area contributed by atoms with Crippen LogP contribution in [-0.2, 0) is 13.5 Å². The second-order valence-electron chi connectivity index (χ2n) is 4.48. The average Bonchev–Trinajstić information content (AvgIpc) is 2.70. The largest absolute Gasteiger partial charge is 0.275 e. The standard InChI is InChI=1S/C13H16Cl2N4/c1-8-10(7-19(2)18-8)12(17-16)6-9-4-3-5-11(14)13(9)15/h3-5,7,12,17H,6,16H2,1-2H3. The summed E-state index contributed by atoms with van der Waals surface area (Å²) in [4.78, 5) is 0. The Morgan fingerprint density at radius 2 is 2.16 bits per heavy atom. The first-order valence-corrected chi connectivity index (χ1v) is 6.67. The Bertz CT molecular complexity index is 580. The molecular weight excluding hydrogens is 283 g/mol. The third kappa shape index (κ3) is 3.09. The van der Waals surface area contributed by atoms with Gasteiger partial charge >= 0.3 is 0 Å². The van der Waals surface area contributed by atoms with E-state index in [1.54, 1.807) is 10.7 Å². The van der Waals surface area contributed by atoms with E-state index in [0.29, 0.717) is 16.5 Å². The molecule has 0 amide bonds. The Labute approximate surface area is 122 Å². The van der Waals surface area contributed by atoms with Crippen molar-refractivity contribution in [2.24, 2.45) is 12.9 Å². The van der Waals surface area contributed by atoms with Crippen molar-refractivity contribution >= 4 is 23.2 Å². The minimum Gasteiger partial charge on any atom is -0.275 e. The second kappa shape index (κ2) is 5.92. The van der Waals surface area contributed by atoms with Gasteiger partial charge in [-0.2, -0.15) is 5.10 Å². The van der Waals surface area contributed by atoms with Crippen molar-refractivity contribution in [2.75, 3.05) is 0 Å². The lowest BCUT2D eigenvalue weighted by Crippen LogP contribution is -2.30. The van der Waals surface area contributed by atoms with E-state index in [1.165, 1.54) is 0 Å². The van der Waals surface area contributed by atoms with Gasteiger partial charge in [-0.05, 0) is 25.0 Å². The summed E-state index contributed by atoms with van der Waals surface area (Å²) in [6, 6.07) is 5.55. The van der Waals surface area contributed by atoms with Gasteiger partial charge in [0, 0.05) is 18.8 Å². The Hall–Kier alpha value is -1.07. The third-order valence-corrected chi connectivity index (χ3v) is 3.94. The van der Waals surface area contributed by atoms with E-state index in [2.05, 4.69) is 10.5 Å². The number of halogens is 2. The summed E-state index contributed by atoms with van der Waals surface area (Å²) in [6.07, 6.45) is 2.61. The first kappa shape index (κ1) is 14.3. The maximum atomic E-state index is 6.21. The van der Waals surface area contributed by atoms with Crippen LogP contribution < -0.4 is 11.3 Å². The molecule has 0 aliphatic heterocycles. The van der Waals surface area contributed by atoms with Crippen LogP contribution >= 0.6 is 23.2 Å². The molecule has 0 saturated heterocycles. The van der Waals surface area contributed by atoms with Crippen molar-refractivity contribution in [1.82, 2.24) is 15.2 Å². The molecule has 2 aromatic rings. The number of hydrogen-bond acceptors (Lipinski definition) is 3. The number of aryl methyl sites for hydroxylation is 2. The highest BCUT2D eigenvalue weighted by molar-refractivity contribution is 6.42.